The van der Waals surface area contributed by atoms with Gasteiger partial charge in [-0.1, -0.05) is 19.3 Å². The molecule has 3 heterocycles. The molecule has 1 N–H and O–H groups in total. The van der Waals surface area contributed by atoms with Crippen molar-refractivity contribution in [1.29, 1.82) is 0 Å². The van der Waals surface area contributed by atoms with Crippen LogP contribution in [0.2, 0.25) is 0 Å². The average molecular weight is 335 g/mol. The standard InChI is InChI=1S/C19H34N4O/c1-20-18(23-11-9-19(15-23)7-3-2-4-8-19)21-12-17-13-22-10-5-6-16(22)14-24-17/h16-17H,2-15H2,1H3,(H,20,21). The van der Waals surface area contributed by atoms with Gasteiger partial charge in [-0.2, -0.15) is 0 Å². The maximum Gasteiger partial charge on any atom is 0.193 e. The molecule has 1 aliphatic carbocycles. The van der Waals surface area contributed by atoms with E-state index >= 15 is 0 Å². The number of fused-ring (bicyclic) bond motifs is 1. The van der Waals surface area contributed by atoms with Gasteiger partial charge in [0.15, 0.2) is 5.96 Å². The number of likely N-dealkylation sites (tertiary alicyclic amines) is 1. The number of nitrogens with zero attached hydrogens (tertiary/aromatic N) is 3. The third kappa shape index (κ3) is 3.43. The zero-order valence-electron chi connectivity index (χ0n) is 15.3. The minimum Gasteiger partial charge on any atom is -0.373 e. The van der Waals surface area contributed by atoms with E-state index in [1.165, 1.54) is 71.0 Å². The van der Waals surface area contributed by atoms with Gasteiger partial charge < -0.3 is 15.0 Å². The monoisotopic (exact) mass is 334 g/mol. The van der Waals surface area contributed by atoms with E-state index in [0.29, 0.717) is 17.6 Å². The Kier molecular flexibility index (Phi) is 5.00. The summed E-state index contributed by atoms with van der Waals surface area (Å²) < 4.78 is 6.08. The maximum atomic E-state index is 6.08. The second-order valence-electron chi connectivity index (χ2n) is 8.41. The summed E-state index contributed by atoms with van der Waals surface area (Å²) in [6.07, 6.45) is 11.4. The quantitative estimate of drug-likeness (QED) is 0.620. The van der Waals surface area contributed by atoms with E-state index in [9.17, 15) is 0 Å². The Morgan fingerprint density at radius 2 is 2.04 bits per heavy atom. The summed E-state index contributed by atoms with van der Waals surface area (Å²) in [6, 6.07) is 0.685. The number of aliphatic imine (C=N–C) groups is 1. The number of guanidine groups is 1. The van der Waals surface area contributed by atoms with E-state index < -0.39 is 0 Å². The Morgan fingerprint density at radius 3 is 2.88 bits per heavy atom. The first-order chi connectivity index (χ1) is 11.8. The van der Waals surface area contributed by atoms with Crippen LogP contribution in [0.15, 0.2) is 4.99 Å². The third-order valence-corrected chi connectivity index (χ3v) is 6.81. The van der Waals surface area contributed by atoms with Crippen LogP contribution in [-0.2, 0) is 4.74 Å². The van der Waals surface area contributed by atoms with Crippen molar-refractivity contribution >= 4 is 5.96 Å². The predicted molar refractivity (Wildman–Crippen MR) is 97.4 cm³/mol. The number of ether oxygens (including phenoxy) is 1. The van der Waals surface area contributed by atoms with Crippen molar-refractivity contribution < 1.29 is 4.74 Å². The molecular formula is C19H34N4O. The molecule has 0 aromatic rings. The molecule has 2 unspecified atom stereocenters. The summed E-state index contributed by atoms with van der Waals surface area (Å²) in [5.74, 6) is 1.09. The van der Waals surface area contributed by atoms with E-state index in [1.807, 2.05) is 7.05 Å². The number of nitrogens with one attached hydrogen (secondary N) is 1. The average Bonchev–Trinajstić information content (AvgIpc) is 3.23. The van der Waals surface area contributed by atoms with Gasteiger partial charge in [-0.15, -0.1) is 0 Å². The molecule has 1 saturated carbocycles. The van der Waals surface area contributed by atoms with Crippen molar-refractivity contribution in [2.75, 3.05) is 46.4 Å². The summed E-state index contributed by atoms with van der Waals surface area (Å²) in [4.78, 5) is 9.67. The van der Waals surface area contributed by atoms with Crippen LogP contribution in [0.1, 0.15) is 51.4 Å². The fraction of sp³-hybridized carbons (Fsp3) is 0.947. The molecule has 5 heteroatoms. The van der Waals surface area contributed by atoms with Crippen molar-refractivity contribution in [3.05, 3.63) is 0 Å². The first-order valence-corrected chi connectivity index (χ1v) is 10.1. The van der Waals surface area contributed by atoms with Gasteiger partial charge in [-0.3, -0.25) is 9.89 Å². The highest BCUT2D eigenvalue weighted by atomic mass is 16.5. The van der Waals surface area contributed by atoms with Crippen molar-refractivity contribution in [1.82, 2.24) is 15.1 Å². The molecule has 3 saturated heterocycles. The molecule has 0 bridgehead atoms. The largest absolute Gasteiger partial charge is 0.373 e. The fourth-order valence-electron chi connectivity index (χ4n) is 5.37. The highest BCUT2D eigenvalue weighted by Gasteiger charge is 2.40. The van der Waals surface area contributed by atoms with Crippen molar-refractivity contribution in [2.45, 2.75) is 63.5 Å². The number of hydrogen-bond donors (Lipinski definition) is 1. The first kappa shape index (κ1) is 16.6. The summed E-state index contributed by atoms with van der Waals surface area (Å²) >= 11 is 0. The highest BCUT2D eigenvalue weighted by Crippen LogP contribution is 2.43. The lowest BCUT2D eigenvalue weighted by atomic mass is 9.73. The Morgan fingerprint density at radius 1 is 1.17 bits per heavy atom. The number of morpholine rings is 1. The lowest BCUT2D eigenvalue weighted by Crippen LogP contribution is -2.52. The molecule has 2 atom stereocenters. The van der Waals surface area contributed by atoms with E-state index in [4.69, 9.17) is 4.74 Å². The molecule has 1 spiro atoms. The van der Waals surface area contributed by atoms with Crippen LogP contribution in [0.3, 0.4) is 0 Å². The second-order valence-corrected chi connectivity index (χ2v) is 8.41. The normalized spacial score (nSPS) is 33.9. The van der Waals surface area contributed by atoms with Crippen molar-refractivity contribution in [2.24, 2.45) is 10.4 Å². The smallest absolute Gasteiger partial charge is 0.193 e. The van der Waals surface area contributed by atoms with E-state index in [0.717, 1.165) is 25.7 Å². The van der Waals surface area contributed by atoms with Gasteiger partial charge in [0.2, 0.25) is 0 Å². The van der Waals surface area contributed by atoms with Crippen LogP contribution in [0.25, 0.3) is 0 Å². The molecule has 0 radical (unpaired) electrons. The van der Waals surface area contributed by atoms with Crippen LogP contribution < -0.4 is 5.32 Å². The Labute approximate surface area is 146 Å². The molecule has 4 aliphatic rings. The van der Waals surface area contributed by atoms with Crippen LogP contribution in [0.5, 0.6) is 0 Å². The first-order valence-electron chi connectivity index (χ1n) is 10.1. The van der Waals surface area contributed by atoms with Gasteiger partial charge in [-0.05, 0) is 44.1 Å². The molecule has 0 aromatic carbocycles. The maximum absolute atomic E-state index is 6.08. The van der Waals surface area contributed by atoms with Gasteiger partial charge in [0, 0.05) is 39.3 Å². The molecule has 5 nitrogen and oxygen atoms in total. The van der Waals surface area contributed by atoms with Crippen LogP contribution >= 0.6 is 0 Å². The zero-order chi connectivity index (χ0) is 16.4. The lowest BCUT2D eigenvalue weighted by Gasteiger charge is -2.36. The topological polar surface area (TPSA) is 40.1 Å². The summed E-state index contributed by atoms with van der Waals surface area (Å²) in [6.45, 7) is 6.51. The summed E-state index contributed by atoms with van der Waals surface area (Å²) in [7, 11) is 1.92. The van der Waals surface area contributed by atoms with Gasteiger partial charge in [0.1, 0.15) is 0 Å². The minimum atomic E-state index is 0.308. The van der Waals surface area contributed by atoms with Crippen molar-refractivity contribution in [3.8, 4) is 0 Å². The SMILES string of the molecule is CN=C(NCC1CN2CCCC2CO1)N1CCC2(CCCCC2)C1. The fourth-order valence-corrected chi connectivity index (χ4v) is 5.37. The van der Waals surface area contributed by atoms with E-state index in [-0.39, 0.29) is 0 Å². The van der Waals surface area contributed by atoms with Crippen LogP contribution in [-0.4, -0.2) is 74.3 Å². The zero-order valence-corrected chi connectivity index (χ0v) is 15.3. The van der Waals surface area contributed by atoms with E-state index in [1.54, 1.807) is 0 Å². The predicted octanol–water partition coefficient (Wildman–Crippen LogP) is 2.08. The Balaban J connectivity index is 1.27. The lowest BCUT2D eigenvalue weighted by molar-refractivity contribution is -0.0454. The van der Waals surface area contributed by atoms with Gasteiger partial charge in [0.05, 0.1) is 12.7 Å². The van der Waals surface area contributed by atoms with Gasteiger partial charge in [-0.25, -0.2) is 0 Å². The molecule has 24 heavy (non-hydrogen) atoms. The van der Waals surface area contributed by atoms with Crippen LogP contribution in [0.4, 0.5) is 0 Å². The molecule has 136 valence electrons. The number of rotatable bonds is 2. The molecule has 3 aliphatic heterocycles. The number of hydrogen-bond acceptors (Lipinski definition) is 3. The summed E-state index contributed by atoms with van der Waals surface area (Å²) in [5, 5.41) is 3.61. The second kappa shape index (κ2) is 7.20. The Bertz CT molecular complexity index is 460. The van der Waals surface area contributed by atoms with E-state index in [2.05, 4.69) is 20.1 Å². The highest BCUT2D eigenvalue weighted by molar-refractivity contribution is 5.80. The minimum absolute atomic E-state index is 0.308. The van der Waals surface area contributed by atoms with Gasteiger partial charge >= 0.3 is 0 Å². The molecule has 0 aromatic heterocycles. The van der Waals surface area contributed by atoms with Gasteiger partial charge in [0.25, 0.3) is 0 Å². The third-order valence-electron chi connectivity index (χ3n) is 6.81. The molecule has 0 amide bonds. The Hall–Kier alpha value is -0.810. The molecular weight excluding hydrogens is 300 g/mol. The van der Waals surface area contributed by atoms with Crippen LogP contribution in [0, 0.1) is 5.41 Å². The molecule has 4 fully saturated rings. The molecule has 4 rings (SSSR count). The van der Waals surface area contributed by atoms with Crippen molar-refractivity contribution in [3.63, 3.8) is 0 Å². The summed E-state index contributed by atoms with van der Waals surface area (Å²) in [5.41, 5.74) is 0.583.